The van der Waals surface area contributed by atoms with Crippen LogP contribution in [-0.4, -0.2) is 34.8 Å². The SMILES string of the molecule is Cc1c2ccccc2nn1C1CCN(C)CC1. The van der Waals surface area contributed by atoms with Crippen LogP contribution < -0.4 is 0 Å². The summed E-state index contributed by atoms with van der Waals surface area (Å²) in [6.45, 7) is 4.55. The van der Waals surface area contributed by atoms with Crippen LogP contribution in [0.4, 0.5) is 0 Å². The molecule has 0 unspecified atom stereocenters. The third kappa shape index (κ3) is 1.84. The lowest BCUT2D eigenvalue weighted by molar-refractivity contribution is 0.211. The first-order chi connectivity index (χ1) is 8.25. The van der Waals surface area contributed by atoms with E-state index in [1.807, 2.05) is 0 Å². The van der Waals surface area contributed by atoms with Crippen LogP contribution in [0.2, 0.25) is 0 Å². The fourth-order valence-electron chi connectivity index (χ4n) is 2.78. The summed E-state index contributed by atoms with van der Waals surface area (Å²) in [4.78, 5) is 2.40. The second kappa shape index (κ2) is 4.15. The zero-order valence-electron chi connectivity index (χ0n) is 10.6. The van der Waals surface area contributed by atoms with Crippen molar-refractivity contribution in [1.29, 1.82) is 0 Å². The van der Waals surface area contributed by atoms with Crippen LogP contribution in [0.25, 0.3) is 10.9 Å². The van der Waals surface area contributed by atoms with Gasteiger partial charge in [0.25, 0.3) is 0 Å². The summed E-state index contributed by atoms with van der Waals surface area (Å²) in [5.74, 6) is 0. The van der Waals surface area contributed by atoms with Gasteiger partial charge in [-0.25, -0.2) is 0 Å². The standard InChI is InChI=1S/C14H19N3/c1-11-13-5-3-4-6-14(13)15-17(11)12-7-9-16(2)10-8-12/h3-6,12H,7-10H2,1-2H3. The Kier molecular flexibility index (Phi) is 2.63. The van der Waals surface area contributed by atoms with Gasteiger partial charge in [0.1, 0.15) is 0 Å². The van der Waals surface area contributed by atoms with E-state index < -0.39 is 0 Å². The molecule has 1 aromatic heterocycles. The quantitative estimate of drug-likeness (QED) is 0.749. The monoisotopic (exact) mass is 229 g/mol. The van der Waals surface area contributed by atoms with Crippen LogP contribution in [0.5, 0.6) is 0 Å². The average molecular weight is 229 g/mol. The Morgan fingerprint density at radius 3 is 2.59 bits per heavy atom. The van der Waals surface area contributed by atoms with Crippen molar-refractivity contribution in [3.8, 4) is 0 Å². The Morgan fingerprint density at radius 2 is 1.88 bits per heavy atom. The lowest BCUT2D eigenvalue weighted by Crippen LogP contribution is -2.32. The van der Waals surface area contributed by atoms with Gasteiger partial charge >= 0.3 is 0 Å². The lowest BCUT2D eigenvalue weighted by Gasteiger charge is -2.29. The number of aryl methyl sites for hydroxylation is 1. The van der Waals surface area contributed by atoms with Crippen LogP contribution in [0.15, 0.2) is 24.3 Å². The summed E-state index contributed by atoms with van der Waals surface area (Å²) >= 11 is 0. The Hall–Kier alpha value is -1.35. The van der Waals surface area contributed by atoms with E-state index in [1.165, 1.54) is 37.0 Å². The molecule has 0 amide bonds. The molecular weight excluding hydrogens is 210 g/mol. The molecule has 1 saturated heterocycles. The van der Waals surface area contributed by atoms with E-state index in [0.717, 1.165) is 5.52 Å². The summed E-state index contributed by atoms with van der Waals surface area (Å²) in [7, 11) is 2.20. The van der Waals surface area contributed by atoms with E-state index >= 15 is 0 Å². The fraction of sp³-hybridized carbons (Fsp3) is 0.500. The molecule has 0 bridgehead atoms. The maximum absolute atomic E-state index is 4.76. The molecule has 0 N–H and O–H groups in total. The summed E-state index contributed by atoms with van der Waals surface area (Å²) in [5.41, 5.74) is 2.44. The first-order valence-electron chi connectivity index (χ1n) is 6.38. The molecule has 1 aliphatic rings. The molecule has 1 aliphatic heterocycles. The number of likely N-dealkylation sites (tertiary alicyclic amines) is 1. The van der Waals surface area contributed by atoms with Gasteiger partial charge in [0.05, 0.1) is 11.6 Å². The molecule has 17 heavy (non-hydrogen) atoms. The highest BCUT2D eigenvalue weighted by Crippen LogP contribution is 2.26. The summed E-state index contributed by atoms with van der Waals surface area (Å²) < 4.78 is 2.25. The number of aromatic nitrogens is 2. The van der Waals surface area contributed by atoms with Crippen molar-refractivity contribution in [2.24, 2.45) is 0 Å². The summed E-state index contributed by atoms with van der Waals surface area (Å²) in [6, 6.07) is 9.01. The van der Waals surface area contributed by atoms with E-state index in [0.29, 0.717) is 6.04 Å². The van der Waals surface area contributed by atoms with Gasteiger partial charge in [-0.1, -0.05) is 18.2 Å². The number of hydrogen-bond donors (Lipinski definition) is 0. The predicted molar refractivity (Wildman–Crippen MR) is 70.2 cm³/mol. The van der Waals surface area contributed by atoms with Crippen LogP contribution in [0.1, 0.15) is 24.6 Å². The highest BCUT2D eigenvalue weighted by Gasteiger charge is 2.21. The maximum Gasteiger partial charge on any atom is 0.0926 e. The average Bonchev–Trinajstić information content (AvgIpc) is 2.69. The molecule has 3 rings (SSSR count). The molecule has 90 valence electrons. The lowest BCUT2D eigenvalue weighted by atomic mass is 10.1. The molecule has 0 aliphatic carbocycles. The van der Waals surface area contributed by atoms with E-state index in [4.69, 9.17) is 5.10 Å². The van der Waals surface area contributed by atoms with Crippen molar-refractivity contribution in [3.05, 3.63) is 30.0 Å². The number of benzene rings is 1. The van der Waals surface area contributed by atoms with Crippen LogP contribution in [-0.2, 0) is 0 Å². The molecule has 2 heterocycles. The minimum atomic E-state index is 0.582. The first-order valence-corrected chi connectivity index (χ1v) is 6.38. The van der Waals surface area contributed by atoms with E-state index in [2.05, 4.69) is 47.8 Å². The Morgan fingerprint density at radius 1 is 1.18 bits per heavy atom. The maximum atomic E-state index is 4.76. The van der Waals surface area contributed by atoms with Gasteiger partial charge in [0.2, 0.25) is 0 Å². The Balaban J connectivity index is 1.97. The molecule has 3 heteroatoms. The van der Waals surface area contributed by atoms with Crippen LogP contribution in [0, 0.1) is 6.92 Å². The summed E-state index contributed by atoms with van der Waals surface area (Å²) in [6.07, 6.45) is 2.43. The molecular formula is C14H19N3. The second-order valence-electron chi connectivity index (χ2n) is 5.08. The van der Waals surface area contributed by atoms with Crippen molar-refractivity contribution in [2.75, 3.05) is 20.1 Å². The Labute approximate surface area is 102 Å². The molecule has 0 atom stereocenters. The topological polar surface area (TPSA) is 21.1 Å². The predicted octanol–water partition coefficient (Wildman–Crippen LogP) is 2.61. The van der Waals surface area contributed by atoms with E-state index in [-0.39, 0.29) is 0 Å². The van der Waals surface area contributed by atoms with Crippen molar-refractivity contribution >= 4 is 10.9 Å². The third-order valence-corrected chi connectivity index (χ3v) is 3.89. The normalized spacial score (nSPS) is 18.9. The summed E-state index contributed by atoms with van der Waals surface area (Å²) in [5, 5.41) is 6.06. The molecule has 0 spiro atoms. The van der Waals surface area contributed by atoms with Gasteiger partial charge in [-0.3, -0.25) is 4.68 Å². The smallest absolute Gasteiger partial charge is 0.0926 e. The fourth-order valence-corrected chi connectivity index (χ4v) is 2.78. The minimum absolute atomic E-state index is 0.582. The number of fused-ring (bicyclic) bond motifs is 1. The largest absolute Gasteiger partial charge is 0.306 e. The zero-order chi connectivity index (χ0) is 11.8. The van der Waals surface area contributed by atoms with Gasteiger partial charge in [-0.2, -0.15) is 5.10 Å². The molecule has 1 fully saturated rings. The molecule has 1 aromatic carbocycles. The van der Waals surface area contributed by atoms with Gasteiger partial charge in [0, 0.05) is 11.1 Å². The molecule has 0 saturated carbocycles. The number of piperidine rings is 1. The molecule has 0 radical (unpaired) electrons. The first kappa shape index (κ1) is 10.8. The van der Waals surface area contributed by atoms with Gasteiger partial charge in [0.15, 0.2) is 0 Å². The van der Waals surface area contributed by atoms with E-state index in [1.54, 1.807) is 0 Å². The van der Waals surface area contributed by atoms with Crippen molar-refractivity contribution < 1.29 is 0 Å². The van der Waals surface area contributed by atoms with Gasteiger partial charge < -0.3 is 4.90 Å². The zero-order valence-corrected chi connectivity index (χ0v) is 10.6. The van der Waals surface area contributed by atoms with Crippen LogP contribution >= 0.6 is 0 Å². The number of nitrogens with zero attached hydrogens (tertiary/aromatic N) is 3. The van der Waals surface area contributed by atoms with Crippen molar-refractivity contribution in [3.63, 3.8) is 0 Å². The van der Waals surface area contributed by atoms with Crippen LogP contribution in [0.3, 0.4) is 0 Å². The highest BCUT2D eigenvalue weighted by atomic mass is 15.3. The molecule has 3 nitrogen and oxygen atoms in total. The minimum Gasteiger partial charge on any atom is -0.306 e. The number of hydrogen-bond acceptors (Lipinski definition) is 2. The van der Waals surface area contributed by atoms with Gasteiger partial charge in [-0.05, 0) is 46.0 Å². The highest BCUT2D eigenvalue weighted by molar-refractivity contribution is 5.81. The van der Waals surface area contributed by atoms with Crippen molar-refractivity contribution in [2.45, 2.75) is 25.8 Å². The Bertz CT molecular complexity index is 521. The third-order valence-electron chi connectivity index (χ3n) is 3.89. The number of rotatable bonds is 1. The second-order valence-corrected chi connectivity index (χ2v) is 5.08. The van der Waals surface area contributed by atoms with Gasteiger partial charge in [-0.15, -0.1) is 0 Å². The van der Waals surface area contributed by atoms with E-state index in [9.17, 15) is 0 Å². The molecule has 2 aromatic rings. The van der Waals surface area contributed by atoms with Crippen molar-refractivity contribution in [1.82, 2.24) is 14.7 Å².